The molecule has 6 heteroatoms. The molecule has 2 atom stereocenters. The van der Waals surface area contributed by atoms with Crippen LogP contribution in [0, 0.1) is 5.92 Å². The van der Waals surface area contributed by atoms with Gasteiger partial charge in [-0.1, -0.05) is 31.4 Å². The van der Waals surface area contributed by atoms with Crippen LogP contribution in [-0.2, 0) is 14.8 Å². The fraction of sp³-hybridized carbons (Fsp3) is 0.750. The van der Waals surface area contributed by atoms with Crippen molar-refractivity contribution < 1.29 is 18.3 Å². The Labute approximate surface area is 107 Å². The topological polar surface area (TPSA) is 83.5 Å². The minimum atomic E-state index is -3.31. The minimum Gasteiger partial charge on any atom is -0.481 e. The van der Waals surface area contributed by atoms with Crippen molar-refractivity contribution >= 4 is 16.0 Å². The van der Waals surface area contributed by atoms with Crippen molar-refractivity contribution in [1.29, 1.82) is 0 Å². The second-order valence-corrected chi connectivity index (χ2v) is 7.09. The van der Waals surface area contributed by atoms with Crippen molar-refractivity contribution in [2.24, 2.45) is 5.92 Å². The first-order valence-electron chi connectivity index (χ1n) is 6.41. The Kier molecular flexibility index (Phi) is 4.07. The van der Waals surface area contributed by atoms with E-state index in [4.69, 9.17) is 5.11 Å². The van der Waals surface area contributed by atoms with Crippen LogP contribution >= 0.6 is 0 Å². The number of carboxylic acids is 1. The predicted octanol–water partition coefficient (Wildman–Crippen LogP) is 1.27. The van der Waals surface area contributed by atoms with Crippen molar-refractivity contribution in [3.8, 4) is 0 Å². The van der Waals surface area contributed by atoms with Crippen molar-refractivity contribution in [3.05, 3.63) is 12.2 Å². The summed E-state index contributed by atoms with van der Waals surface area (Å²) in [5.74, 6) is -1.46. The van der Waals surface area contributed by atoms with Crippen molar-refractivity contribution in [2.75, 3.05) is 0 Å². The number of carbonyl (C=O) groups is 1. The molecular weight excluding hydrogens is 254 g/mol. The highest BCUT2D eigenvalue weighted by Gasteiger charge is 2.32. The monoisotopic (exact) mass is 273 g/mol. The average molecular weight is 273 g/mol. The molecule has 0 radical (unpaired) electrons. The molecule has 2 rings (SSSR count). The number of aliphatic carboxylic acids is 1. The van der Waals surface area contributed by atoms with Crippen LogP contribution in [0.25, 0.3) is 0 Å². The Balaban J connectivity index is 1.93. The quantitative estimate of drug-likeness (QED) is 0.755. The second kappa shape index (κ2) is 5.40. The largest absolute Gasteiger partial charge is 0.481 e. The van der Waals surface area contributed by atoms with Gasteiger partial charge in [-0.2, -0.15) is 0 Å². The number of hydrogen-bond donors (Lipinski definition) is 2. The van der Waals surface area contributed by atoms with Crippen LogP contribution in [0.4, 0.5) is 0 Å². The molecule has 0 amide bonds. The van der Waals surface area contributed by atoms with E-state index in [1.54, 1.807) is 12.2 Å². The van der Waals surface area contributed by atoms with E-state index in [1.165, 1.54) is 0 Å². The second-order valence-electron chi connectivity index (χ2n) is 5.09. The first-order chi connectivity index (χ1) is 8.49. The number of carboxylic acid groups (broad SMARTS) is 1. The van der Waals surface area contributed by atoms with E-state index in [1.807, 2.05) is 0 Å². The Hall–Kier alpha value is -0.880. The highest BCUT2D eigenvalue weighted by Crippen LogP contribution is 2.25. The third-order valence-corrected chi connectivity index (χ3v) is 5.69. The summed E-state index contributed by atoms with van der Waals surface area (Å²) in [4.78, 5) is 10.8. The zero-order valence-corrected chi connectivity index (χ0v) is 11.0. The molecule has 2 N–H and O–H groups in total. The van der Waals surface area contributed by atoms with Gasteiger partial charge in [0.15, 0.2) is 0 Å². The minimum absolute atomic E-state index is 0.302. The standard InChI is InChI=1S/C12H19NO4S/c14-12(15)9-6-7-10(8-9)13-18(16,17)11-4-2-1-3-5-11/h6-7,9-11,13H,1-5,8H2,(H,14,15). The Bertz CT molecular complexity index is 437. The van der Waals surface area contributed by atoms with Gasteiger partial charge in [-0.05, 0) is 19.3 Å². The van der Waals surface area contributed by atoms with Crippen LogP contribution < -0.4 is 4.72 Å². The van der Waals surface area contributed by atoms with Crippen molar-refractivity contribution in [2.45, 2.75) is 49.8 Å². The molecule has 0 spiro atoms. The fourth-order valence-corrected chi connectivity index (χ4v) is 4.40. The summed E-state index contributed by atoms with van der Waals surface area (Å²) in [6.45, 7) is 0. The molecule has 102 valence electrons. The molecule has 0 saturated heterocycles. The van der Waals surface area contributed by atoms with Gasteiger partial charge in [-0.25, -0.2) is 13.1 Å². The van der Waals surface area contributed by atoms with E-state index < -0.39 is 21.9 Å². The van der Waals surface area contributed by atoms with Gasteiger partial charge in [0, 0.05) is 6.04 Å². The highest BCUT2D eigenvalue weighted by molar-refractivity contribution is 7.90. The lowest BCUT2D eigenvalue weighted by atomic mass is 10.0. The van der Waals surface area contributed by atoms with Gasteiger partial charge < -0.3 is 5.11 Å². The maximum Gasteiger partial charge on any atom is 0.310 e. The molecule has 0 aromatic heterocycles. The lowest BCUT2D eigenvalue weighted by Crippen LogP contribution is -2.40. The van der Waals surface area contributed by atoms with Gasteiger partial charge in [0.25, 0.3) is 0 Å². The number of hydrogen-bond acceptors (Lipinski definition) is 3. The number of sulfonamides is 1. The van der Waals surface area contributed by atoms with Crippen molar-refractivity contribution in [3.63, 3.8) is 0 Å². The Morgan fingerprint density at radius 1 is 1.17 bits per heavy atom. The zero-order valence-electron chi connectivity index (χ0n) is 10.2. The average Bonchev–Trinajstić information content (AvgIpc) is 2.78. The van der Waals surface area contributed by atoms with E-state index in [0.29, 0.717) is 19.3 Å². The summed E-state index contributed by atoms with van der Waals surface area (Å²) in [5, 5.41) is 8.55. The van der Waals surface area contributed by atoms with Gasteiger partial charge in [0.1, 0.15) is 0 Å². The highest BCUT2D eigenvalue weighted by atomic mass is 32.2. The molecule has 2 aliphatic rings. The molecule has 0 aromatic rings. The molecule has 18 heavy (non-hydrogen) atoms. The SMILES string of the molecule is O=C(O)C1C=CC(NS(=O)(=O)C2CCCCC2)C1. The van der Waals surface area contributed by atoms with Gasteiger partial charge in [0.05, 0.1) is 11.2 Å². The first-order valence-corrected chi connectivity index (χ1v) is 7.96. The van der Waals surface area contributed by atoms with E-state index >= 15 is 0 Å². The van der Waals surface area contributed by atoms with Crippen LogP contribution in [0.5, 0.6) is 0 Å². The third kappa shape index (κ3) is 3.11. The van der Waals surface area contributed by atoms with Gasteiger partial charge in [-0.3, -0.25) is 4.79 Å². The summed E-state index contributed by atoms with van der Waals surface area (Å²) in [6, 6.07) is -0.363. The summed E-state index contributed by atoms with van der Waals surface area (Å²) < 4.78 is 26.9. The molecular formula is C12H19NO4S. The fourth-order valence-electron chi connectivity index (χ4n) is 2.65. The third-order valence-electron chi connectivity index (χ3n) is 3.71. The van der Waals surface area contributed by atoms with Crippen LogP contribution in [0.15, 0.2) is 12.2 Å². The number of rotatable bonds is 4. The van der Waals surface area contributed by atoms with E-state index in [9.17, 15) is 13.2 Å². The Morgan fingerprint density at radius 3 is 2.39 bits per heavy atom. The van der Waals surface area contributed by atoms with E-state index in [0.717, 1.165) is 19.3 Å². The van der Waals surface area contributed by atoms with Crippen LogP contribution in [0.1, 0.15) is 38.5 Å². The normalized spacial score (nSPS) is 29.6. The van der Waals surface area contributed by atoms with Gasteiger partial charge in [-0.15, -0.1) is 0 Å². The molecule has 0 bridgehead atoms. The summed E-state index contributed by atoms with van der Waals surface area (Å²) >= 11 is 0. The first kappa shape index (κ1) is 13.5. The van der Waals surface area contributed by atoms with Crippen LogP contribution in [-0.4, -0.2) is 30.8 Å². The molecule has 0 aliphatic heterocycles. The zero-order chi connectivity index (χ0) is 13.2. The van der Waals surface area contributed by atoms with E-state index in [-0.39, 0.29) is 11.3 Å². The molecule has 0 aromatic carbocycles. The van der Waals surface area contributed by atoms with E-state index in [2.05, 4.69) is 4.72 Å². The molecule has 1 fully saturated rings. The molecule has 2 aliphatic carbocycles. The van der Waals surface area contributed by atoms with Crippen LogP contribution in [0.3, 0.4) is 0 Å². The molecule has 0 heterocycles. The van der Waals surface area contributed by atoms with Gasteiger partial charge in [0.2, 0.25) is 10.0 Å². The lowest BCUT2D eigenvalue weighted by molar-refractivity contribution is -0.140. The van der Waals surface area contributed by atoms with Crippen molar-refractivity contribution in [1.82, 2.24) is 4.72 Å². The van der Waals surface area contributed by atoms with Gasteiger partial charge >= 0.3 is 5.97 Å². The Morgan fingerprint density at radius 2 is 1.83 bits per heavy atom. The maximum atomic E-state index is 12.1. The number of nitrogens with one attached hydrogen (secondary N) is 1. The maximum absolute atomic E-state index is 12.1. The smallest absolute Gasteiger partial charge is 0.310 e. The molecule has 1 saturated carbocycles. The molecule has 2 unspecified atom stereocenters. The predicted molar refractivity (Wildman–Crippen MR) is 67.6 cm³/mol. The lowest BCUT2D eigenvalue weighted by Gasteiger charge is -2.23. The van der Waals surface area contributed by atoms with Crippen LogP contribution in [0.2, 0.25) is 0 Å². The summed E-state index contributed by atoms with van der Waals surface area (Å²) in [5.41, 5.74) is 0. The molecule has 5 nitrogen and oxygen atoms in total. The summed E-state index contributed by atoms with van der Waals surface area (Å²) in [7, 11) is -3.31. The summed E-state index contributed by atoms with van der Waals surface area (Å²) in [6.07, 6.45) is 8.00.